The molecule has 1 aliphatic rings. The molecule has 0 bridgehead atoms. The molecule has 23 heavy (non-hydrogen) atoms. The summed E-state index contributed by atoms with van der Waals surface area (Å²) in [7, 11) is 0. The Hall–Kier alpha value is -2.76. The van der Waals surface area contributed by atoms with E-state index in [1.54, 1.807) is 28.9 Å². The van der Waals surface area contributed by atoms with Crippen LogP contribution in [0.2, 0.25) is 0 Å². The van der Waals surface area contributed by atoms with Crippen LogP contribution in [0.3, 0.4) is 0 Å². The van der Waals surface area contributed by atoms with Crippen LogP contribution in [0.4, 0.5) is 4.39 Å². The predicted octanol–water partition coefficient (Wildman–Crippen LogP) is 2.13. The minimum absolute atomic E-state index is 0.237. The molecule has 1 aliphatic carbocycles. The number of halogens is 1. The van der Waals surface area contributed by atoms with Crippen molar-refractivity contribution in [3.8, 4) is 0 Å². The molecule has 0 saturated carbocycles. The highest BCUT2D eigenvalue weighted by Gasteiger charge is 2.21. The predicted molar refractivity (Wildman–Crippen MR) is 83.5 cm³/mol. The summed E-state index contributed by atoms with van der Waals surface area (Å²) < 4.78 is 14.5. The lowest BCUT2D eigenvalue weighted by Crippen LogP contribution is -2.24. The van der Waals surface area contributed by atoms with Crippen molar-refractivity contribution in [1.29, 1.82) is 0 Å². The molecule has 0 aliphatic heterocycles. The summed E-state index contributed by atoms with van der Waals surface area (Å²) in [5.74, 6) is -1.01. The largest absolute Gasteiger partial charge is 0.480 e. The van der Waals surface area contributed by atoms with E-state index in [-0.39, 0.29) is 17.9 Å². The molecule has 5 nitrogen and oxygen atoms in total. The minimum atomic E-state index is -0.985. The molecule has 3 rings (SSSR count). The fourth-order valence-electron chi connectivity index (χ4n) is 2.81. The van der Waals surface area contributed by atoms with Gasteiger partial charge in [0.2, 0.25) is 0 Å². The van der Waals surface area contributed by atoms with Crippen LogP contribution in [0.25, 0.3) is 12.2 Å². The summed E-state index contributed by atoms with van der Waals surface area (Å²) in [5, 5.41) is 9.12. The fourth-order valence-corrected chi connectivity index (χ4v) is 2.81. The third kappa shape index (κ3) is 3.21. The Morgan fingerprint density at radius 3 is 2.70 bits per heavy atom. The van der Waals surface area contributed by atoms with Gasteiger partial charge in [0.1, 0.15) is 18.2 Å². The molecular formula is C17H15FN2O3. The summed E-state index contributed by atoms with van der Waals surface area (Å²) in [6.07, 6.45) is 5.43. The van der Waals surface area contributed by atoms with Crippen LogP contribution >= 0.6 is 0 Å². The average Bonchev–Trinajstić information content (AvgIpc) is 3.00. The number of hydrogen-bond donors (Lipinski definition) is 1. The molecule has 0 amide bonds. The van der Waals surface area contributed by atoms with Crippen LogP contribution in [0.1, 0.15) is 29.1 Å². The molecule has 0 atom stereocenters. The number of carbonyl (C=O) groups is 1. The smallest absolute Gasteiger partial charge is 0.323 e. The maximum Gasteiger partial charge on any atom is 0.323 e. The number of benzene rings is 1. The van der Waals surface area contributed by atoms with Crippen LogP contribution in [-0.2, 0) is 24.2 Å². The third-order valence-corrected chi connectivity index (χ3v) is 3.85. The average molecular weight is 314 g/mol. The second kappa shape index (κ2) is 6.16. The van der Waals surface area contributed by atoms with Crippen LogP contribution in [0, 0.1) is 5.82 Å². The minimum Gasteiger partial charge on any atom is -0.480 e. The summed E-state index contributed by atoms with van der Waals surface area (Å²) >= 11 is 0. The normalized spacial score (nSPS) is 13.4. The molecule has 0 unspecified atom stereocenters. The zero-order chi connectivity index (χ0) is 16.4. The highest BCUT2D eigenvalue weighted by molar-refractivity contribution is 5.70. The topological polar surface area (TPSA) is 72.2 Å². The fraction of sp³-hybridized carbons (Fsp3) is 0.235. The molecule has 0 saturated heterocycles. The summed E-state index contributed by atoms with van der Waals surface area (Å²) in [4.78, 5) is 27.2. The summed E-state index contributed by atoms with van der Waals surface area (Å²) in [5.41, 5.74) is 1.82. The third-order valence-electron chi connectivity index (χ3n) is 3.85. The number of fused-ring (bicyclic) bond motifs is 1. The van der Waals surface area contributed by atoms with Gasteiger partial charge < -0.3 is 9.67 Å². The van der Waals surface area contributed by atoms with E-state index in [1.807, 2.05) is 0 Å². The highest BCUT2D eigenvalue weighted by atomic mass is 19.1. The lowest BCUT2D eigenvalue weighted by molar-refractivity contribution is -0.137. The van der Waals surface area contributed by atoms with Gasteiger partial charge in [-0.3, -0.25) is 9.59 Å². The van der Waals surface area contributed by atoms with Crippen molar-refractivity contribution in [1.82, 2.24) is 9.55 Å². The summed E-state index contributed by atoms with van der Waals surface area (Å²) in [6.45, 7) is -0.237. The van der Waals surface area contributed by atoms with Gasteiger partial charge in [-0.2, -0.15) is 4.98 Å². The van der Waals surface area contributed by atoms with Crippen molar-refractivity contribution >= 4 is 18.1 Å². The molecule has 0 radical (unpaired) electrons. The molecule has 2 aromatic rings. The van der Waals surface area contributed by atoms with Crippen LogP contribution in [-0.4, -0.2) is 20.6 Å². The van der Waals surface area contributed by atoms with E-state index in [0.717, 1.165) is 17.7 Å². The van der Waals surface area contributed by atoms with Crippen LogP contribution in [0.15, 0.2) is 29.1 Å². The van der Waals surface area contributed by atoms with E-state index in [0.29, 0.717) is 24.2 Å². The number of nitrogens with zero attached hydrogens (tertiary/aromatic N) is 2. The maximum absolute atomic E-state index is 12.9. The second-order valence-electron chi connectivity index (χ2n) is 5.42. The standard InChI is InChI=1S/C17H15FN2O3/c18-12-7-4-11(5-8-12)6-9-15-19-17(23)13-2-1-3-14(13)20(15)10-16(21)22/h4-9H,1-3,10H2,(H,21,22)/b9-6+. The Labute approximate surface area is 131 Å². The van der Waals surface area contributed by atoms with Gasteiger partial charge in [-0.25, -0.2) is 4.39 Å². The molecule has 6 heteroatoms. The molecule has 1 heterocycles. The highest BCUT2D eigenvalue weighted by Crippen LogP contribution is 2.20. The quantitative estimate of drug-likeness (QED) is 0.938. The van der Waals surface area contributed by atoms with Crippen LogP contribution < -0.4 is 5.56 Å². The van der Waals surface area contributed by atoms with Crippen molar-refractivity contribution in [2.24, 2.45) is 0 Å². The monoisotopic (exact) mass is 314 g/mol. The second-order valence-corrected chi connectivity index (χ2v) is 5.42. The van der Waals surface area contributed by atoms with Gasteiger partial charge in [0.15, 0.2) is 0 Å². The van der Waals surface area contributed by atoms with Gasteiger partial charge in [0, 0.05) is 11.3 Å². The van der Waals surface area contributed by atoms with E-state index in [9.17, 15) is 14.0 Å². The van der Waals surface area contributed by atoms with Crippen molar-refractivity contribution in [2.45, 2.75) is 25.8 Å². The molecule has 0 spiro atoms. The van der Waals surface area contributed by atoms with E-state index >= 15 is 0 Å². The van der Waals surface area contributed by atoms with Crippen LogP contribution in [0.5, 0.6) is 0 Å². The Morgan fingerprint density at radius 1 is 1.26 bits per heavy atom. The molecule has 0 fully saturated rings. The Morgan fingerprint density at radius 2 is 2.00 bits per heavy atom. The lowest BCUT2D eigenvalue weighted by Gasteiger charge is -2.13. The summed E-state index contributed by atoms with van der Waals surface area (Å²) in [6, 6.07) is 5.86. The van der Waals surface area contributed by atoms with Gasteiger partial charge in [-0.15, -0.1) is 0 Å². The Balaban J connectivity index is 2.04. The molecule has 1 N–H and O–H groups in total. The first kappa shape index (κ1) is 15.1. The van der Waals surface area contributed by atoms with E-state index in [2.05, 4.69) is 4.98 Å². The number of carboxylic acid groups (broad SMARTS) is 1. The first-order valence-electron chi connectivity index (χ1n) is 7.32. The SMILES string of the molecule is O=C(O)Cn1c(/C=C/c2ccc(F)cc2)nc(=O)c2c1CCC2. The van der Waals surface area contributed by atoms with E-state index < -0.39 is 5.97 Å². The van der Waals surface area contributed by atoms with Gasteiger partial charge in [0.05, 0.1) is 0 Å². The number of aliphatic carboxylic acids is 1. The number of aromatic nitrogens is 2. The molecule has 1 aromatic heterocycles. The van der Waals surface area contributed by atoms with Crippen molar-refractivity contribution in [3.05, 3.63) is 63.1 Å². The number of rotatable bonds is 4. The number of carboxylic acids is 1. The maximum atomic E-state index is 12.9. The number of hydrogen-bond acceptors (Lipinski definition) is 3. The van der Waals surface area contributed by atoms with Gasteiger partial charge in [-0.05, 0) is 43.0 Å². The molecule has 118 valence electrons. The lowest BCUT2D eigenvalue weighted by atomic mass is 10.2. The Kier molecular flexibility index (Phi) is 4.06. The van der Waals surface area contributed by atoms with E-state index in [1.165, 1.54) is 12.1 Å². The van der Waals surface area contributed by atoms with Gasteiger partial charge >= 0.3 is 5.97 Å². The molecule has 1 aromatic carbocycles. The van der Waals surface area contributed by atoms with E-state index in [4.69, 9.17) is 5.11 Å². The zero-order valence-electron chi connectivity index (χ0n) is 12.3. The van der Waals surface area contributed by atoms with Gasteiger partial charge in [-0.1, -0.05) is 18.2 Å². The first-order valence-corrected chi connectivity index (χ1v) is 7.32. The van der Waals surface area contributed by atoms with Crippen molar-refractivity contribution < 1.29 is 14.3 Å². The Bertz CT molecular complexity index is 838. The zero-order valence-corrected chi connectivity index (χ0v) is 12.3. The first-order chi connectivity index (χ1) is 11.0. The van der Waals surface area contributed by atoms with Crippen molar-refractivity contribution in [3.63, 3.8) is 0 Å². The molecular weight excluding hydrogens is 299 g/mol. The van der Waals surface area contributed by atoms with Crippen molar-refractivity contribution in [2.75, 3.05) is 0 Å². The van der Waals surface area contributed by atoms with Gasteiger partial charge in [0.25, 0.3) is 5.56 Å².